The molecule has 0 spiro atoms. The molecule has 6 nitrogen and oxygen atoms in total. The molecule has 0 radical (unpaired) electrons. The standard InChI is InChI=1S/C11H23N3O3S.ClH/c1-10(12)11-4-2-3-5-14(11)18(15,16)13-6-8-17-9-7-13;/h10-11H,2-9,12H2,1H3;1H. The molecular weight excluding hydrogens is 290 g/mol. The second-order valence-electron chi connectivity index (χ2n) is 5.05. The molecule has 2 atom stereocenters. The van der Waals surface area contributed by atoms with Gasteiger partial charge in [0.2, 0.25) is 0 Å². The number of morpholine rings is 1. The molecule has 2 fully saturated rings. The summed E-state index contributed by atoms with van der Waals surface area (Å²) in [5, 5.41) is 0. The lowest BCUT2D eigenvalue weighted by Crippen LogP contribution is -2.57. The highest BCUT2D eigenvalue weighted by molar-refractivity contribution is 7.86. The fraction of sp³-hybridized carbons (Fsp3) is 1.00. The Balaban J connectivity index is 0.00000180. The van der Waals surface area contributed by atoms with Gasteiger partial charge in [0.25, 0.3) is 10.2 Å². The van der Waals surface area contributed by atoms with E-state index in [1.807, 2.05) is 6.92 Å². The molecule has 0 amide bonds. The third-order valence-corrected chi connectivity index (χ3v) is 5.76. The van der Waals surface area contributed by atoms with E-state index < -0.39 is 10.2 Å². The molecule has 19 heavy (non-hydrogen) atoms. The monoisotopic (exact) mass is 313 g/mol. The van der Waals surface area contributed by atoms with Crippen LogP contribution < -0.4 is 5.73 Å². The van der Waals surface area contributed by atoms with Crippen LogP contribution in [0, 0.1) is 0 Å². The van der Waals surface area contributed by atoms with E-state index in [1.54, 1.807) is 4.31 Å². The molecule has 2 N–H and O–H groups in total. The Bertz CT molecular complexity index is 371. The van der Waals surface area contributed by atoms with Crippen LogP contribution in [0.4, 0.5) is 0 Å². The van der Waals surface area contributed by atoms with Gasteiger partial charge in [0.05, 0.1) is 13.2 Å². The summed E-state index contributed by atoms with van der Waals surface area (Å²) in [5.74, 6) is 0. The van der Waals surface area contributed by atoms with E-state index in [0.717, 1.165) is 19.3 Å². The lowest BCUT2D eigenvalue weighted by atomic mass is 10.00. The molecule has 0 bridgehead atoms. The van der Waals surface area contributed by atoms with Gasteiger partial charge in [-0.25, -0.2) is 0 Å². The molecule has 2 unspecified atom stereocenters. The average molecular weight is 314 g/mol. The van der Waals surface area contributed by atoms with Gasteiger partial charge in [0.1, 0.15) is 0 Å². The SMILES string of the molecule is CC(N)C1CCCCN1S(=O)(=O)N1CCOCC1.Cl. The number of rotatable bonds is 3. The van der Waals surface area contributed by atoms with Crippen LogP contribution in [0.25, 0.3) is 0 Å². The zero-order valence-corrected chi connectivity index (χ0v) is 13.0. The van der Waals surface area contributed by atoms with Gasteiger partial charge in [-0.05, 0) is 19.8 Å². The van der Waals surface area contributed by atoms with Crippen molar-refractivity contribution in [3.63, 3.8) is 0 Å². The van der Waals surface area contributed by atoms with Crippen LogP contribution in [0.1, 0.15) is 26.2 Å². The Morgan fingerprint density at radius 1 is 1.21 bits per heavy atom. The van der Waals surface area contributed by atoms with Gasteiger partial charge in [0.15, 0.2) is 0 Å². The number of halogens is 1. The van der Waals surface area contributed by atoms with Crippen molar-refractivity contribution in [2.75, 3.05) is 32.8 Å². The average Bonchev–Trinajstić information content (AvgIpc) is 2.39. The topological polar surface area (TPSA) is 75.9 Å². The van der Waals surface area contributed by atoms with Crippen LogP contribution in [0.5, 0.6) is 0 Å². The van der Waals surface area contributed by atoms with Gasteiger partial charge in [-0.2, -0.15) is 17.0 Å². The van der Waals surface area contributed by atoms with Crippen LogP contribution in [0.15, 0.2) is 0 Å². The molecule has 0 aromatic rings. The van der Waals surface area contributed by atoms with E-state index in [-0.39, 0.29) is 24.5 Å². The quantitative estimate of drug-likeness (QED) is 0.807. The third-order valence-electron chi connectivity index (χ3n) is 3.70. The molecule has 0 aliphatic carbocycles. The summed E-state index contributed by atoms with van der Waals surface area (Å²) in [7, 11) is -3.37. The first-order valence-electron chi connectivity index (χ1n) is 6.63. The highest BCUT2D eigenvalue weighted by Crippen LogP contribution is 2.24. The molecule has 2 aliphatic rings. The van der Waals surface area contributed by atoms with Crippen molar-refractivity contribution in [1.29, 1.82) is 0 Å². The maximum atomic E-state index is 12.6. The molecule has 2 aliphatic heterocycles. The molecule has 8 heteroatoms. The van der Waals surface area contributed by atoms with Crippen LogP contribution >= 0.6 is 12.4 Å². The van der Waals surface area contributed by atoms with Gasteiger partial charge in [0, 0.05) is 31.7 Å². The molecule has 0 saturated carbocycles. The minimum atomic E-state index is -3.37. The summed E-state index contributed by atoms with van der Waals surface area (Å²) >= 11 is 0. The van der Waals surface area contributed by atoms with E-state index in [1.165, 1.54) is 4.31 Å². The van der Waals surface area contributed by atoms with Crippen molar-refractivity contribution in [2.45, 2.75) is 38.3 Å². The Labute approximate surface area is 121 Å². The van der Waals surface area contributed by atoms with E-state index in [4.69, 9.17) is 10.5 Å². The van der Waals surface area contributed by atoms with Gasteiger partial charge in [-0.15, -0.1) is 12.4 Å². The lowest BCUT2D eigenvalue weighted by molar-refractivity contribution is 0.0677. The maximum absolute atomic E-state index is 12.6. The lowest BCUT2D eigenvalue weighted by Gasteiger charge is -2.40. The predicted molar refractivity (Wildman–Crippen MR) is 76.6 cm³/mol. The minimum absolute atomic E-state index is 0. The van der Waals surface area contributed by atoms with Crippen molar-refractivity contribution >= 4 is 22.6 Å². The number of nitrogens with zero attached hydrogens (tertiary/aromatic N) is 2. The number of nitrogens with two attached hydrogens (primary N) is 1. The number of hydrogen-bond donors (Lipinski definition) is 1. The van der Waals surface area contributed by atoms with E-state index in [9.17, 15) is 8.42 Å². The van der Waals surface area contributed by atoms with Crippen molar-refractivity contribution in [3.05, 3.63) is 0 Å². The van der Waals surface area contributed by atoms with Gasteiger partial charge in [-0.3, -0.25) is 0 Å². The number of hydrogen-bond acceptors (Lipinski definition) is 4. The fourth-order valence-electron chi connectivity index (χ4n) is 2.67. The predicted octanol–water partition coefficient (Wildman–Crippen LogP) is 0.187. The third kappa shape index (κ3) is 3.80. The summed E-state index contributed by atoms with van der Waals surface area (Å²) in [5.41, 5.74) is 5.93. The van der Waals surface area contributed by atoms with E-state index >= 15 is 0 Å². The highest BCUT2D eigenvalue weighted by atomic mass is 35.5. The van der Waals surface area contributed by atoms with Gasteiger partial charge in [-0.1, -0.05) is 6.42 Å². The Hall–Kier alpha value is 0.0800. The smallest absolute Gasteiger partial charge is 0.282 e. The summed E-state index contributed by atoms with van der Waals surface area (Å²) in [6.07, 6.45) is 2.84. The largest absolute Gasteiger partial charge is 0.379 e. The van der Waals surface area contributed by atoms with Crippen molar-refractivity contribution in [2.24, 2.45) is 5.73 Å². The first kappa shape index (κ1) is 17.1. The maximum Gasteiger partial charge on any atom is 0.282 e. The van der Waals surface area contributed by atoms with E-state index in [2.05, 4.69) is 0 Å². The molecule has 2 saturated heterocycles. The molecule has 0 aromatic carbocycles. The number of ether oxygens (including phenoxy) is 1. The van der Waals surface area contributed by atoms with Gasteiger partial charge < -0.3 is 10.5 Å². The second-order valence-corrected chi connectivity index (χ2v) is 6.93. The van der Waals surface area contributed by atoms with Crippen molar-refractivity contribution in [3.8, 4) is 0 Å². The summed E-state index contributed by atoms with van der Waals surface area (Å²) < 4.78 is 33.5. The molecule has 2 heterocycles. The molecule has 2 rings (SSSR count). The number of piperidine rings is 1. The first-order chi connectivity index (χ1) is 8.53. The Kier molecular flexibility index (Phi) is 6.49. The summed E-state index contributed by atoms with van der Waals surface area (Å²) in [6.45, 7) is 4.34. The Morgan fingerprint density at radius 2 is 1.84 bits per heavy atom. The zero-order chi connectivity index (χ0) is 13.2. The highest BCUT2D eigenvalue weighted by Gasteiger charge is 2.38. The van der Waals surface area contributed by atoms with Gasteiger partial charge >= 0.3 is 0 Å². The van der Waals surface area contributed by atoms with Crippen molar-refractivity contribution < 1.29 is 13.2 Å². The minimum Gasteiger partial charge on any atom is -0.379 e. The summed E-state index contributed by atoms with van der Waals surface area (Å²) in [6, 6.07) is -0.187. The van der Waals surface area contributed by atoms with Crippen LogP contribution in [0.3, 0.4) is 0 Å². The molecule has 0 aromatic heterocycles. The van der Waals surface area contributed by atoms with Crippen LogP contribution in [0.2, 0.25) is 0 Å². The van der Waals surface area contributed by atoms with Crippen molar-refractivity contribution in [1.82, 2.24) is 8.61 Å². The molecular formula is C11H24ClN3O3S. The normalized spacial score (nSPS) is 28.6. The van der Waals surface area contributed by atoms with Crippen LogP contribution in [-0.4, -0.2) is 62.0 Å². The van der Waals surface area contributed by atoms with Crippen LogP contribution in [-0.2, 0) is 14.9 Å². The van der Waals surface area contributed by atoms with E-state index in [0.29, 0.717) is 32.8 Å². The first-order valence-corrected chi connectivity index (χ1v) is 8.03. The fourth-order valence-corrected chi connectivity index (χ4v) is 4.57. The Morgan fingerprint density at radius 3 is 2.42 bits per heavy atom. The second kappa shape index (κ2) is 7.19. The zero-order valence-electron chi connectivity index (χ0n) is 11.3. The summed E-state index contributed by atoms with van der Waals surface area (Å²) in [4.78, 5) is 0. The molecule has 114 valence electrons.